The predicted molar refractivity (Wildman–Crippen MR) is 51.2 cm³/mol. The molecule has 0 saturated carbocycles. The molecule has 4 heteroatoms. The molecule has 0 bridgehead atoms. The van der Waals surface area contributed by atoms with Gasteiger partial charge in [0.25, 0.3) is 0 Å². The lowest BCUT2D eigenvalue weighted by Crippen LogP contribution is -1.97. The number of methoxy groups -OCH3 is 2. The van der Waals surface area contributed by atoms with Crippen LogP contribution in [0.15, 0.2) is 17.0 Å². The van der Waals surface area contributed by atoms with Crippen molar-refractivity contribution in [1.29, 1.82) is 0 Å². The Hall–Kier alpha value is -1.03. The van der Waals surface area contributed by atoms with Crippen molar-refractivity contribution in [2.24, 2.45) is 0 Å². The van der Waals surface area contributed by atoms with Gasteiger partial charge in [0.15, 0.2) is 5.75 Å². The molecule has 0 saturated heterocycles. The molecule has 0 amide bonds. The first-order valence-corrected chi connectivity index (χ1v) is 3.84. The molecule has 0 aliphatic heterocycles. The fourth-order valence-electron chi connectivity index (χ4n) is 0.962. The quantitative estimate of drug-likeness (QED) is 0.543. The van der Waals surface area contributed by atoms with Crippen LogP contribution in [0.4, 0.5) is 5.69 Å². The monoisotopic (exact) mass is 185 g/mol. The van der Waals surface area contributed by atoms with Crippen LogP contribution in [0.1, 0.15) is 0 Å². The minimum atomic E-state index is 0.479. The van der Waals surface area contributed by atoms with Crippen molar-refractivity contribution < 1.29 is 9.47 Å². The molecule has 1 aromatic carbocycles. The molecule has 0 aromatic heterocycles. The molecule has 3 nitrogen and oxygen atoms in total. The van der Waals surface area contributed by atoms with Crippen molar-refractivity contribution in [2.75, 3.05) is 20.0 Å². The Labute approximate surface area is 76.9 Å². The summed E-state index contributed by atoms with van der Waals surface area (Å²) < 4.78 is 10.0. The zero-order valence-corrected chi connectivity index (χ0v) is 7.89. The molecule has 2 N–H and O–H groups in total. The van der Waals surface area contributed by atoms with Gasteiger partial charge in [0, 0.05) is 4.90 Å². The Morgan fingerprint density at radius 3 is 2.42 bits per heavy atom. The second-order valence-electron chi connectivity index (χ2n) is 2.23. The second-order valence-corrected chi connectivity index (χ2v) is 2.72. The first-order valence-electron chi connectivity index (χ1n) is 3.40. The number of hydrogen-bond acceptors (Lipinski definition) is 4. The van der Waals surface area contributed by atoms with E-state index in [9.17, 15) is 0 Å². The molecular formula is C8H11NO2S. The number of benzene rings is 1. The van der Waals surface area contributed by atoms with Crippen LogP contribution < -0.4 is 15.2 Å². The first kappa shape index (κ1) is 9.06. The van der Waals surface area contributed by atoms with E-state index in [0.29, 0.717) is 22.1 Å². The van der Waals surface area contributed by atoms with Crippen LogP contribution in [0.3, 0.4) is 0 Å². The van der Waals surface area contributed by atoms with Gasteiger partial charge in [0.05, 0.1) is 14.2 Å². The molecule has 0 aliphatic carbocycles. The molecule has 12 heavy (non-hydrogen) atoms. The number of thiol groups is 1. The van der Waals surface area contributed by atoms with E-state index in [4.69, 9.17) is 15.2 Å². The van der Waals surface area contributed by atoms with Crippen molar-refractivity contribution >= 4 is 18.3 Å². The number of anilines is 1. The molecule has 0 fully saturated rings. The lowest BCUT2D eigenvalue weighted by Gasteiger charge is -2.10. The van der Waals surface area contributed by atoms with E-state index >= 15 is 0 Å². The zero-order chi connectivity index (χ0) is 9.14. The molecule has 0 spiro atoms. The summed E-state index contributed by atoms with van der Waals surface area (Å²) in [5, 5.41) is 0. The highest BCUT2D eigenvalue weighted by molar-refractivity contribution is 7.80. The molecule has 0 radical (unpaired) electrons. The topological polar surface area (TPSA) is 44.5 Å². The Morgan fingerprint density at radius 2 is 1.92 bits per heavy atom. The highest BCUT2D eigenvalue weighted by Gasteiger charge is 2.08. The maximum atomic E-state index is 5.71. The van der Waals surface area contributed by atoms with Gasteiger partial charge in [-0.25, -0.2) is 0 Å². The summed E-state index contributed by atoms with van der Waals surface area (Å²) in [6.45, 7) is 0. The lowest BCUT2D eigenvalue weighted by atomic mass is 10.2. The average molecular weight is 185 g/mol. The maximum Gasteiger partial charge on any atom is 0.158 e. The van der Waals surface area contributed by atoms with Gasteiger partial charge >= 0.3 is 0 Å². The number of rotatable bonds is 2. The van der Waals surface area contributed by atoms with Crippen LogP contribution >= 0.6 is 12.6 Å². The van der Waals surface area contributed by atoms with Crippen molar-refractivity contribution in [3.05, 3.63) is 12.1 Å². The van der Waals surface area contributed by atoms with Gasteiger partial charge in [-0.15, -0.1) is 12.6 Å². The molecule has 0 atom stereocenters. The Bertz CT molecular complexity index is 289. The van der Waals surface area contributed by atoms with Crippen LogP contribution in [0.2, 0.25) is 0 Å². The third-order valence-corrected chi connectivity index (χ3v) is 1.91. The number of ether oxygens (including phenoxy) is 2. The van der Waals surface area contributed by atoms with E-state index in [2.05, 4.69) is 12.6 Å². The van der Waals surface area contributed by atoms with Crippen molar-refractivity contribution in [1.82, 2.24) is 0 Å². The third kappa shape index (κ3) is 1.43. The molecule has 66 valence electrons. The van der Waals surface area contributed by atoms with Crippen LogP contribution in [0.25, 0.3) is 0 Å². The van der Waals surface area contributed by atoms with Crippen molar-refractivity contribution in [2.45, 2.75) is 4.90 Å². The summed E-state index contributed by atoms with van der Waals surface area (Å²) in [4.78, 5) is 0.704. The summed E-state index contributed by atoms with van der Waals surface area (Å²) in [5.74, 6) is 1.15. The number of hydrogen-bond donors (Lipinski definition) is 2. The largest absolute Gasteiger partial charge is 0.494 e. The van der Waals surface area contributed by atoms with Gasteiger partial charge in [0.2, 0.25) is 0 Å². The lowest BCUT2D eigenvalue weighted by molar-refractivity contribution is 0.392. The normalized spacial score (nSPS) is 9.58. The van der Waals surface area contributed by atoms with E-state index in [1.54, 1.807) is 26.4 Å². The summed E-state index contributed by atoms with van der Waals surface area (Å²) in [6, 6.07) is 3.53. The molecular weight excluding hydrogens is 174 g/mol. The fourth-order valence-corrected chi connectivity index (χ4v) is 1.25. The Balaban J connectivity index is 3.24. The van der Waals surface area contributed by atoms with E-state index in [0.717, 1.165) is 0 Å². The molecule has 1 rings (SSSR count). The Morgan fingerprint density at radius 1 is 1.25 bits per heavy atom. The molecule has 0 heterocycles. The van der Waals surface area contributed by atoms with E-state index < -0.39 is 0 Å². The molecule has 1 aromatic rings. The van der Waals surface area contributed by atoms with Crippen molar-refractivity contribution in [3.8, 4) is 11.5 Å². The van der Waals surface area contributed by atoms with Crippen LogP contribution in [0, 0.1) is 0 Å². The summed E-state index contributed by atoms with van der Waals surface area (Å²) in [6.07, 6.45) is 0. The smallest absolute Gasteiger partial charge is 0.158 e. The van der Waals surface area contributed by atoms with Gasteiger partial charge < -0.3 is 15.2 Å². The fraction of sp³-hybridized carbons (Fsp3) is 0.250. The first-order chi connectivity index (χ1) is 5.70. The summed E-state index contributed by atoms with van der Waals surface area (Å²) in [5.41, 5.74) is 6.19. The minimum absolute atomic E-state index is 0.479. The summed E-state index contributed by atoms with van der Waals surface area (Å²) in [7, 11) is 3.11. The number of nitrogens with two attached hydrogens (primary N) is 1. The van der Waals surface area contributed by atoms with Gasteiger partial charge in [-0.05, 0) is 12.1 Å². The maximum absolute atomic E-state index is 5.71. The average Bonchev–Trinajstić information content (AvgIpc) is 2.06. The summed E-state index contributed by atoms with van der Waals surface area (Å²) >= 11 is 4.17. The van der Waals surface area contributed by atoms with E-state index in [1.807, 2.05) is 0 Å². The highest BCUT2D eigenvalue weighted by Crippen LogP contribution is 2.36. The van der Waals surface area contributed by atoms with Gasteiger partial charge in [-0.2, -0.15) is 0 Å². The molecule has 0 unspecified atom stereocenters. The predicted octanol–water partition coefficient (Wildman–Crippen LogP) is 1.57. The van der Waals surface area contributed by atoms with E-state index in [-0.39, 0.29) is 0 Å². The standard InChI is InChI=1S/C8H11NO2S/c1-10-5-3-4-6(12)8(11-2)7(5)9/h3-4,12H,9H2,1-2H3. The second kappa shape index (κ2) is 3.58. The Kier molecular flexibility index (Phi) is 2.70. The van der Waals surface area contributed by atoms with Crippen LogP contribution in [0.5, 0.6) is 11.5 Å². The van der Waals surface area contributed by atoms with Crippen LogP contribution in [-0.2, 0) is 0 Å². The zero-order valence-electron chi connectivity index (χ0n) is 7.00. The van der Waals surface area contributed by atoms with Gasteiger partial charge in [-0.3, -0.25) is 0 Å². The van der Waals surface area contributed by atoms with Crippen LogP contribution in [-0.4, -0.2) is 14.2 Å². The molecule has 0 aliphatic rings. The van der Waals surface area contributed by atoms with E-state index in [1.165, 1.54) is 0 Å². The minimum Gasteiger partial charge on any atom is -0.494 e. The van der Waals surface area contributed by atoms with Gasteiger partial charge in [0.1, 0.15) is 11.4 Å². The number of nitrogen functional groups attached to an aromatic ring is 1. The van der Waals surface area contributed by atoms with Gasteiger partial charge in [-0.1, -0.05) is 0 Å². The third-order valence-electron chi connectivity index (χ3n) is 1.56. The SMILES string of the molecule is COc1ccc(S)c(OC)c1N. The highest BCUT2D eigenvalue weighted by atomic mass is 32.1. The van der Waals surface area contributed by atoms with Crippen molar-refractivity contribution in [3.63, 3.8) is 0 Å².